The van der Waals surface area contributed by atoms with Crippen LogP contribution in [-0.2, 0) is 16.8 Å². The summed E-state index contributed by atoms with van der Waals surface area (Å²) in [4.78, 5) is 13.8. The number of nitrogens with zero attached hydrogens (tertiary/aromatic N) is 1. The molecular weight excluding hydrogens is 202 g/mol. The van der Waals surface area contributed by atoms with Gasteiger partial charge in [-0.2, -0.15) is 0 Å². The van der Waals surface area contributed by atoms with E-state index in [2.05, 4.69) is 25.8 Å². The van der Waals surface area contributed by atoms with Crippen molar-refractivity contribution in [2.75, 3.05) is 7.11 Å². The van der Waals surface area contributed by atoms with Gasteiger partial charge in [-0.3, -0.25) is 0 Å². The molecule has 0 heterocycles. The van der Waals surface area contributed by atoms with Crippen LogP contribution in [0.4, 0.5) is 0 Å². The largest absolute Gasteiger partial charge is 0.497 e. The summed E-state index contributed by atoms with van der Waals surface area (Å²) < 4.78 is 5.20. The van der Waals surface area contributed by atoms with Crippen LogP contribution in [0.1, 0.15) is 31.9 Å². The van der Waals surface area contributed by atoms with Crippen LogP contribution in [-0.4, -0.2) is 13.2 Å². The number of hydrogen-bond acceptors (Lipinski definition) is 3. The number of aliphatic imine (C=N–C) groups is 1. The molecule has 3 nitrogen and oxygen atoms in total. The molecule has 0 N–H and O–H groups in total. The molecule has 3 heteroatoms. The van der Waals surface area contributed by atoms with E-state index in [-0.39, 0.29) is 5.41 Å². The van der Waals surface area contributed by atoms with Gasteiger partial charge in [-0.25, -0.2) is 9.79 Å². The van der Waals surface area contributed by atoms with Gasteiger partial charge in [0.2, 0.25) is 6.08 Å². The van der Waals surface area contributed by atoms with Gasteiger partial charge in [-0.1, -0.05) is 26.8 Å². The monoisotopic (exact) mass is 219 g/mol. The highest BCUT2D eigenvalue weighted by Crippen LogP contribution is 2.29. The summed E-state index contributed by atoms with van der Waals surface area (Å²) in [6.07, 6.45) is 1.57. The number of ether oxygens (including phenoxy) is 1. The van der Waals surface area contributed by atoms with E-state index in [0.29, 0.717) is 6.54 Å². The molecule has 0 radical (unpaired) electrons. The van der Waals surface area contributed by atoms with Crippen LogP contribution in [0.25, 0.3) is 0 Å². The minimum atomic E-state index is 0.00226. The quantitative estimate of drug-likeness (QED) is 0.579. The topological polar surface area (TPSA) is 38.7 Å². The van der Waals surface area contributed by atoms with Crippen LogP contribution in [0.5, 0.6) is 5.75 Å². The smallest absolute Gasteiger partial charge is 0.235 e. The molecule has 0 spiro atoms. The van der Waals surface area contributed by atoms with Crippen LogP contribution in [0.15, 0.2) is 23.2 Å². The zero-order valence-electron chi connectivity index (χ0n) is 10.2. The fourth-order valence-corrected chi connectivity index (χ4v) is 1.64. The van der Waals surface area contributed by atoms with Crippen molar-refractivity contribution in [3.8, 4) is 5.75 Å². The van der Waals surface area contributed by atoms with E-state index in [9.17, 15) is 4.79 Å². The Morgan fingerprint density at radius 2 is 2.06 bits per heavy atom. The first-order chi connectivity index (χ1) is 7.49. The third kappa shape index (κ3) is 2.94. The molecule has 0 bridgehead atoms. The first kappa shape index (κ1) is 12.5. The average Bonchev–Trinajstić information content (AvgIpc) is 2.25. The molecule has 0 saturated carbocycles. The third-order valence-corrected chi connectivity index (χ3v) is 2.44. The summed E-state index contributed by atoms with van der Waals surface area (Å²) in [6, 6.07) is 5.82. The second-order valence-electron chi connectivity index (χ2n) is 4.68. The Bertz CT molecular complexity index is 412. The van der Waals surface area contributed by atoms with Crippen molar-refractivity contribution in [3.05, 3.63) is 29.3 Å². The van der Waals surface area contributed by atoms with Crippen LogP contribution in [0, 0.1) is 0 Å². The Morgan fingerprint density at radius 1 is 1.38 bits per heavy atom. The predicted octanol–water partition coefficient (Wildman–Crippen LogP) is 2.83. The van der Waals surface area contributed by atoms with Crippen molar-refractivity contribution in [2.24, 2.45) is 4.99 Å². The number of carbonyl (C=O) groups excluding carboxylic acids is 1. The lowest BCUT2D eigenvalue weighted by molar-refractivity contribution is 0.412. The van der Waals surface area contributed by atoms with Crippen molar-refractivity contribution in [1.82, 2.24) is 0 Å². The summed E-state index contributed by atoms with van der Waals surface area (Å²) in [7, 11) is 1.64. The highest BCUT2D eigenvalue weighted by atomic mass is 16.5. The average molecular weight is 219 g/mol. The van der Waals surface area contributed by atoms with Gasteiger partial charge < -0.3 is 4.74 Å². The number of benzene rings is 1. The molecule has 16 heavy (non-hydrogen) atoms. The minimum Gasteiger partial charge on any atom is -0.497 e. The van der Waals surface area contributed by atoms with Crippen LogP contribution >= 0.6 is 0 Å². The summed E-state index contributed by atoms with van der Waals surface area (Å²) >= 11 is 0. The second kappa shape index (κ2) is 4.95. The van der Waals surface area contributed by atoms with Crippen LogP contribution < -0.4 is 4.74 Å². The first-order valence-corrected chi connectivity index (χ1v) is 5.20. The summed E-state index contributed by atoms with van der Waals surface area (Å²) in [5.74, 6) is 0.823. The normalized spacial score (nSPS) is 10.8. The van der Waals surface area contributed by atoms with Crippen molar-refractivity contribution in [3.63, 3.8) is 0 Å². The van der Waals surface area contributed by atoms with Crippen LogP contribution in [0.2, 0.25) is 0 Å². The molecule has 0 aliphatic carbocycles. The van der Waals surface area contributed by atoms with Crippen molar-refractivity contribution >= 4 is 6.08 Å². The van der Waals surface area contributed by atoms with E-state index in [0.717, 1.165) is 16.9 Å². The fraction of sp³-hybridized carbons (Fsp3) is 0.462. The van der Waals surface area contributed by atoms with E-state index in [1.54, 1.807) is 13.2 Å². The molecule has 0 aliphatic rings. The van der Waals surface area contributed by atoms with Gasteiger partial charge in [0, 0.05) is 0 Å². The molecular formula is C13H17NO2. The van der Waals surface area contributed by atoms with E-state index in [4.69, 9.17) is 4.74 Å². The van der Waals surface area contributed by atoms with E-state index in [1.807, 2.05) is 18.2 Å². The summed E-state index contributed by atoms with van der Waals surface area (Å²) in [5, 5.41) is 0. The first-order valence-electron chi connectivity index (χ1n) is 5.20. The molecule has 1 aromatic carbocycles. The van der Waals surface area contributed by atoms with Crippen molar-refractivity contribution in [2.45, 2.75) is 32.7 Å². The zero-order valence-corrected chi connectivity index (χ0v) is 10.2. The minimum absolute atomic E-state index is 0.00226. The molecule has 0 saturated heterocycles. The van der Waals surface area contributed by atoms with Gasteiger partial charge in [0.15, 0.2) is 0 Å². The Labute approximate surface area is 96.2 Å². The molecule has 0 aliphatic heterocycles. The molecule has 1 rings (SSSR count). The van der Waals surface area contributed by atoms with Gasteiger partial charge in [0.1, 0.15) is 5.75 Å². The van der Waals surface area contributed by atoms with Gasteiger partial charge in [-0.15, -0.1) is 0 Å². The van der Waals surface area contributed by atoms with Crippen molar-refractivity contribution in [1.29, 1.82) is 0 Å². The summed E-state index contributed by atoms with van der Waals surface area (Å²) in [5.41, 5.74) is 2.19. The highest BCUT2D eigenvalue weighted by molar-refractivity contribution is 5.41. The Kier molecular flexibility index (Phi) is 3.86. The van der Waals surface area contributed by atoms with Crippen LogP contribution in [0.3, 0.4) is 0 Å². The predicted molar refractivity (Wildman–Crippen MR) is 63.5 cm³/mol. The lowest BCUT2D eigenvalue weighted by Gasteiger charge is -2.22. The summed E-state index contributed by atoms with van der Waals surface area (Å²) in [6.45, 7) is 6.74. The maximum Gasteiger partial charge on any atom is 0.235 e. The molecule has 0 unspecified atom stereocenters. The molecule has 86 valence electrons. The maximum absolute atomic E-state index is 10.1. The van der Waals surface area contributed by atoms with E-state index < -0.39 is 0 Å². The van der Waals surface area contributed by atoms with Gasteiger partial charge in [0.05, 0.1) is 13.7 Å². The molecule has 0 aromatic heterocycles. The second-order valence-corrected chi connectivity index (χ2v) is 4.68. The van der Waals surface area contributed by atoms with Crippen molar-refractivity contribution < 1.29 is 9.53 Å². The number of isocyanates is 1. The van der Waals surface area contributed by atoms with E-state index >= 15 is 0 Å². The lowest BCUT2D eigenvalue weighted by Crippen LogP contribution is -2.14. The SMILES string of the molecule is COc1ccc(CN=C=O)c(C(C)(C)C)c1. The Balaban J connectivity index is 3.21. The number of hydrogen-bond donors (Lipinski definition) is 0. The highest BCUT2D eigenvalue weighted by Gasteiger charge is 2.18. The van der Waals surface area contributed by atoms with Gasteiger partial charge in [0.25, 0.3) is 0 Å². The van der Waals surface area contributed by atoms with Gasteiger partial charge >= 0.3 is 0 Å². The maximum atomic E-state index is 10.1. The standard InChI is InChI=1S/C13H17NO2/c1-13(2,3)12-7-11(16-4)6-5-10(12)8-14-9-15/h5-7H,8H2,1-4H3. The Morgan fingerprint density at radius 3 is 2.56 bits per heavy atom. The fourth-order valence-electron chi connectivity index (χ4n) is 1.64. The number of methoxy groups -OCH3 is 1. The Hall–Kier alpha value is -1.60. The lowest BCUT2D eigenvalue weighted by atomic mass is 9.83. The van der Waals surface area contributed by atoms with Gasteiger partial charge in [-0.05, 0) is 28.7 Å². The third-order valence-electron chi connectivity index (χ3n) is 2.44. The zero-order chi connectivity index (χ0) is 12.2. The molecule has 0 atom stereocenters. The molecule has 0 amide bonds. The molecule has 1 aromatic rings. The molecule has 0 fully saturated rings. The number of rotatable bonds is 3. The van der Waals surface area contributed by atoms with E-state index in [1.165, 1.54) is 0 Å².